The zero-order valence-corrected chi connectivity index (χ0v) is 13.4. The van der Waals surface area contributed by atoms with E-state index >= 15 is 0 Å². The summed E-state index contributed by atoms with van der Waals surface area (Å²) in [5.41, 5.74) is 0. The summed E-state index contributed by atoms with van der Waals surface area (Å²) >= 11 is 5.60. The van der Waals surface area contributed by atoms with Gasteiger partial charge in [-0.25, -0.2) is 0 Å². The van der Waals surface area contributed by atoms with Gasteiger partial charge in [0.1, 0.15) is 5.38 Å². The molecule has 1 N–H and O–H groups in total. The molecule has 0 saturated heterocycles. The Kier molecular flexibility index (Phi) is 16.5. The molecular weight excluding hydrogens is 235 g/mol. The second kappa shape index (κ2) is 13.8. The van der Waals surface area contributed by atoms with Gasteiger partial charge in [0.25, 0.3) is 0 Å². The number of rotatable bonds is 10. The average molecular weight is 259 g/mol. The van der Waals surface area contributed by atoms with E-state index in [2.05, 4.69) is 6.92 Å². The number of unbranched alkanes of at least 4 members (excludes halogenated alkanes) is 7. The molecule has 1 atom stereocenters. The molecule has 0 radical (unpaired) electrons. The summed E-state index contributed by atoms with van der Waals surface area (Å²) in [4.78, 5) is 10.4. The van der Waals surface area contributed by atoms with Crippen molar-refractivity contribution < 1.29 is 40.9 Å². The van der Waals surface area contributed by atoms with Gasteiger partial charge in [-0.2, -0.15) is 0 Å². The van der Waals surface area contributed by atoms with Gasteiger partial charge in [-0.3, -0.25) is 4.79 Å². The molecule has 0 aliphatic carbocycles. The van der Waals surface area contributed by atoms with Crippen LogP contribution in [0.3, 0.4) is 0 Å². The molecule has 0 spiro atoms. The Balaban J connectivity index is -0.000000980. The summed E-state index contributed by atoms with van der Waals surface area (Å²) in [7, 11) is 0. The van der Waals surface area contributed by atoms with Gasteiger partial charge in [0, 0.05) is 0 Å². The summed E-state index contributed by atoms with van der Waals surface area (Å²) in [5.74, 6) is -0.889. The van der Waals surface area contributed by atoms with Crippen molar-refractivity contribution in [3.8, 4) is 0 Å². The number of hydrogen-bond acceptors (Lipinski definition) is 1. The maximum atomic E-state index is 10.4. The van der Waals surface area contributed by atoms with Crippen molar-refractivity contribution in [3.63, 3.8) is 0 Å². The number of halogens is 1. The maximum Gasteiger partial charge on any atom is 1.00 e. The first-order valence-electron chi connectivity index (χ1n) is 6.05. The van der Waals surface area contributed by atoms with Crippen LogP contribution in [-0.2, 0) is 4.79 Å². The van der Waals surface area contributed by atoms with E-state index in [0.717, 1.165) is 12.8 Å². The first kappa shape index (κ1) is 19.1. The molecule has 0 heterocycles. The van der Waals surface area contributed by atoms with Crippen LogP contribution in [0, 0.1) is 0 Å². The van der Waals surface area contributed by atoms with E-state index in [-0.39, 0.29) is 31.0 Å². The smallest absolute Gasteiger partial charge is 1.00 e. The van der Waals surface area contributed by atoms with Crippen LogP contribution in [0.25, 0.3) is 0 Å². The molecule has 4 heteroatoms. The number of alkyl halides is 1. The number of hydrogen-bond donors (Lipinski definition) is 1. The summed E-state index contributed by atoms with van der Waals surface area (Å²) in [6, 6.07) is 0. The first-order chi connectivity index (χ1) is 7.18. The van der Waals surface area contributed by atoms with Crippen LogP contribution in [0.15, 0.2) is 0 Å². The van der Waals surface area contributed by atoms with Crippen molar-refractivity contribution in [1.29, 1.82) is 0 Å². The van der Waals surface area contributed by atoms with E-state index in [1.165, 1.54) is 38.5 Å². The molecule has 0 aromatic heterocycles. The van der Waals surface area contributed by atoms with Crippen LogP contribution in [0.2, 0.25) is 0 Å². The Hall–Kier alpha value is 0.760. The number of carbonyl (C=O) groups is 1. The van der Waals surface area contributed by atoms with Gasteiger partial charge >= 0.3 is 35.5 Å². The average Bonchev–Trinajstić information content (AvgIpc) is 2.21. The van der Waals surface area contributed by atoms with Gasteiger partial charge < -0.3 is 6.53 Å². The molecule has 0 aromatic carbocycles. The molecule has 0 aliphatic rings. The minimum absolute atomic E-state index is 0. The Bertz CT molecular complexity index is 171. The first-order valence-corrected chi connectivity index (χ1v) is 6.49. The molecule has 0 aromatic rings. The SMILES string of the molecule is CCCCCCCCCCC(Cl)C(=O)O.[H-].[Na+]. The number of carboxylic acid groups (broad SMARTS) is 1. The minimum Gasteiger partial charge on any atom is -1.00 e. The van der Waals surface area contributed by atoms with Crippen LogP contribution in [0.1, 0.15) is 66.1 Å². The van der Waals surface area contributed by atoms with Crippen LogP contribution >= 0.6 is 11.6 Å². The third kappa shape index (κ3) is 12.8. The molecule has 0 aliphatic heterocycles. The summed E-state index contributed by atoms with van der Waals surface area (Å²) in [5, 5.41) is 7.86. The van der Waals surface area contributed by atoms with Crippen molar-refractivity contribution in [2.24, 2.45) is 0 Å². The van der Waals surface area contributed by atoms with Gasteiger partial charge in [-0.1, -0.05) is 58.3 Å². The van der Waals surface area contributed by atoms with Crippen LogP contribution in [0.4, 0.5) is 0 Å². The quantitative estimate of drug-likeness (QED) is 0.365. The predicted molar refractivity (Wildman–Crippen MR) is 65.6 cm³/mol. The van der Waals surface area contributed by atoms with E-state index in [4.69, 9.17) is 16.7 Å². The van der Waals surface area contributed by atoms with Crippen molar-refractivity contribution in [2.75, 3.05) is 0 Å². The van der Waals surface area contributed by atoms with Crippen molar-refractivity contribution >= 4 is 17.6 Å². The second-order valence-corrected chi connectivity index (χ2v) is 4.60. The van der Waals surface area contributed by atoms with E-state index < -0.39 is 11.3 Å². The minimum atomic E-state index is -0.889. The second-order valence-electron chi connectivity index (χ2n) is 4.07. The molecule has 16 heavy (non-hydrogen) atoms. The Labute approximate surface area is 128 Å². The molecule has 0 bridgehead atoms. The third-order valence-electron chi connectivity index (χ3n) is 2.58. The largest absolute Gasteiger partial charge is 1.00 e. The monoisotopic (exact) mass is 258 g/mol. The van der Waals surface area contributed by atoms with Gasteiger partial charge in [0.05, 0.1) is 0 Å². The van der Waals surface area contributed by atoms with Gasteiger partial charge in [0.2, 0.25) is 0 Å². The van der Waals surface area contributed by atoms with Crippen molar-refractivity contribution in [3.05, 3.63) is 0 Å². The fourth-order valence-corrected chi connectivity index (χ4v) is 1.74. The molecular formula is C12H24ClNaO2. The normalized spacial score (nSPS) is 11.9. The molecule has 0 rings (SSSR count). The third-order valence-corrected chi connectivity index (χ3v) is 2.98. The summed E-state index contributed by atoms with van der Waals surface area (Å²) < 4.78 is 0. The van der Waals surface area contributed by atoms with Gasteiger partial charge in [-0.05, 0) is 6.42 Å². The van der Waals surface area contributed by atoms with Crippen molar-refractivity contribution in [2.45, 2.75) is 70.1 Å². The van der Waals surface area contributed by atoms with E-state index in [9.17, 15) is 4.79 Å². The Morgan fingerprint density at radius 1 is 1.12 bits per heavy atom. The standard InChI is InChI=1S/C12H23ClO2.Na.H/c1-2-3-4-5-6-7-8-9-10-11(13)12(14)15;;/h11H,2-10H2,1H3,(H,14,15);;/q;+1;-1. The summed E-state index contributed by atoms with van der Waals surface area (Å²) in [6.45, 7) is 2.21. The molecule has 2 nitrogen and oxygen atoms in total. The van der Waals surface area contributed by atoms with Crippen LogP contribution in [-0.4, -0.2) is 16.5 Å². The van der Waals surface area contributed by atoms with Crippen LogP contribution < -0.4 is 29.6 Å². The molecule has 0 amide bonds. The van der Waals surface area contributed by atoms with Gasteiger partial charge in [-0.15, -0.1) is 11.6 Å². The van der Waals surface area contributed by atoms with E-state index in [1.807, 2.05) is 0 Å². The fourth-order valence-electron chi connectivity index (χ4n) is 1.58. The number of aliphatic carboxylic acids is 1. The van der Waals surface area contributed by atoms with E-state index in [0.29, 0.717) is 6.42 Å². The molecule has 0 saturated carbocycles. The molecule has 92 valence electrons. The fraction of sp³-hybridized carbons (Fsp3) is 0.917. The topological polar surface area (TPSA) is 37.3 Å². The predicted octanol–water partition coefficient (Wildman–Crippen LogP) is 1.33. The molecule has 0 fully saturated rings. The summed E-state index contributed by atoms with van der Waals surface area (Å²) in [6.07, 6.45) is 10.4. The molecule has 1 unspecified atom stereocenters. The van der Waals surface area contributed by atoms with Crippen LogP contribution in [0.5, 0.6) is 0 Å². The Morgan fingerprint density at radius 3 is 2.00 bits per heavy atom. The van der Waals surface area contributed by atoms with Gasteiger partial charge in [0.15, 0.2) is 0 Å². The number of carboxylic acids is 1. The van der Waals surface area contributed by atoms with Crippen molar-refractivity contribution in [1.82, 2.24) is 0 Å². The van der Waals surface area contributed by atoms with E-state index in [1.54, 1.807) is 0 Å². The zero-order chi connectivity index (χ0) is 11.5. The maximum absolute atomic E-state index is 10.4. The Morgan fingerprint density at radius 2 is 1.56 bits per heavy atom. The zero-order valence-electron chi connectivity index (χ0n) is 11.7.